The van der Waals surface area contributed by atoms with Gasteiger partial charge >= 0.3 is 5.97 Å². The Bertz CT molecular complexity index is 354. The van der Waals surface area contributed by atoms with Crippen LogP contribution >= 0.6 is 0 Å². The van der Waals surface area contributed by atoms with E-state index in [1.807, 2.05) is 0 Å². The predicted molar refractivity (Wildman–Crippen MR) is 67.6 cm³/mol. The first-order chi connectivity index (χ1) is 8.49. The van der Waals surface area contributed by atoms with Crippen LogP contribution in [0.15, 0.2) is 0 Å². The van der Waals surface area contributed by atoms with Crippen molar-refractivity contribution in [3.05, 3.63) is 0 Å². The van der Waals surface area contributed by atoms with Crippen molar-refractivity contribution in [1.82, 2.24) is 5.32 Å². The van der Waals surface area contributed by atoms with Gasteiger partial charge < -0.3 is 16.2 Å². The fourth-order valence-electron chi connectivity index (χ4n) is 2.44. The number of carbonyl (C=O) groups excluding carboxylic acids is 1. The van der Waals surface area contributed by atoms with E-state index in [0.717, 1.165) is 19.3 Å². The third kappa shape index (κ3) is 4.04. The highest BCUT2D eigenvalue weighted by Crippen LogP contribution is 2.31. The Labute approximate surface area is 107 Å². The maximum absolute atomic E-state index is 11.9. The smallest absolute Gasteiger partial charge is 0.305 e. The van der Waals surface area contributed by atoms with E-state index in [1.165, 1.54) is 0 Å². The number of carbonyl (C=O) groups is 2. The summed E-state index contributed by atoms with van der Waals surface area (Å²) < 4.78 is 0. The number of amides is 1. The zero-order valence-electron chi connectivity index (χ0n) is 10.4. The van der Waals surface area contributed by atoms with Gasteiger partial charge in [0.2, 0.25) is 5.91 Å². The number of nitrogens with one attached hydrogen (secondary N) is 1. The standard InChI is InChI=1S/C13H20N2O3/c1-2-6-10(14)12(18)15-13(9-11(16)17)7-4-3-5-8-13/h1,10H,3-9,14H2,(H,15,18)(H,16,17). The minimum Gasteiger partial charge on any atom is -0.481 e. The largest absolute Gasteiger partial charge is 0.481 e. The molecule has 1 rings (SSSR count). The Kier molecular flexibility index (Phi) is 5.17. The van der Waals surface area contributed by atoms with Crippen LogP contribution in [0.2, 0.25) is 0 Å². The Morgan fingerprint density at radius 2 is 2.00 bits per heavy atom. The first-order valence-corrected chi connectivity index (χ1v) is 6.22. The number of rotatable bonds is 5. The van der Waals surface area contributed by atoms with Crippen molar-refractivity contribution in [3.63, 3.8) is 0 Å². The predicted octanol–water partition coefficient (Wildman–Crippen LogP) is 0.631. The fourth-order valence-corrected chi connectivity index (χ4v) is 2.44. The molecule has 1 amide bonds. The maximum Gasteiger partial charge on any atom is 0.305 e. The molecule has 18 heavy (non-hydrogen) atoms. The molecule has 1 aliphatic carbocycles. The lowest BCUT2D eigenvalue weighted by Crippen LogP contribution is -2.55. The van der Waals surface area contributed by atoms with Gasteiger partial charge in [0.15, 0.2) is 0 Å². The first kappa shape index (κ1) is 14.5. The summed E-state index contributed by atoms with van der Waals surface area (Å²) in [7, 11) is 0. The second-order valence-electron chi connectivity index (χ2n) is 4.92. The van der Waals surface area contributed by atoms with Gasteiger partial charge in [-0.25, -0.2) is 0 Å². The molecule has 100 valence electrons. The summed E-state index contributed by atoms with van der Waals surface area (Å²) >= 11 is 0. The van der Waals surface area contributed by atoms with E-state index in [4.69, 9.17) is 17.3 Å². The van der Waals surface area contributed by atoms with E-state index in [1.54, 1.807) is 0 Å². The monoisotopic (exact) mass is 252 g/mol. The molecule has 4 N–H and O–H groups in total. The van der Waals surface area contributed by atoms with Gasteiger partial charge in [-0.05, 0) is 12.8 Å². The van der Waals surface area contributed by atoms with Crippen molar-refractivity contribution in [2.45, 2.75) is 56.5 Å². The van der Waals surface area contributed by atoms with Gasteiger partial charge in [-0.2, -0.15) is 0 Å². The summed E-state index contributed by atoms with van der Waals surface area (Å²) in [6.45, 7) is 0. The molecule has 0 saturated heterocycles. The molecular weight excluding hydrogens is 232 g/mol. The molecule has 0 aromatic carbocycles. The zero-order valence-corrected chi connectivity index (χ0v) is 10.4. The number of carboxylic acids is 1. The summed E-state index contributed by atoms with van der Waals surface area (Å²) in [4.78, 5) is 22.8. The second kappa shape index (κ2) is 6.41. The molecule has 0 spiro atoms. The minimum atomic E-state index is -0.900. The molecule has 1 fully saturated rings. The molecular formula is C13H20N2O3. The molecule has 0 heterocycles. The number of terminal acetylenes is 1. The van der Waals surface area contributed by atoms with Crippen LogP contribution in [0.3, 0.4) is 0 Å². The summed E-state index contributed by atoms with van der Waals surface area (Å²) in [5, 5.41) is 11.8. The molecule has 1 saturated carbocycles. The lowest BCUT2D eigenvalue weighted by Gasteiger charge is -2.37. The van der Waals surface area contributed by atoms with Gasteiger partial charge in [0.25, 0.3) is 0 Å². The van der Waals surface area contributed by atoms with E-state index >= 15 is 0 Å². The topological polar surface area (TPSA) is 92.4 Å². The van der Waals surface area contributed by atoms with E-state index in [2.05, 4.69) is 11.2 Å². The molecule has 0 aliphatic heterocycles. The van der Waals surface area contributed by atoms with Crippen LogP contribution in [-0.4, -0.2) is 28.6 Å². The Morgan fingerprint density at radius 1 is 1.39 bits per heavy atom. The van der Waals surface area contributed by atoms with E-state index < -0.39 is 17.6 Å². The quantitative estimate of drug-likeness (QED) is 0.626. The molecule has 1 aliphatic rings. The van der Waals surface area contributed by atoms with Crippen LogP contribution < -0.4 is 11.1 Å². The normalized spacial score (nSPS) is 19.6. The molecule has 0 bridgehead atoms. The van der Waals surface area contributed by atoms with Gasteiger partial charge in [-0.3, -0.25) is 9.59 Å². The van der Waals surface area contributed by atoms with E-state index in [-0.39, 0.29) is 18.7 Å². The first-order valence-electron chi connectivity index (χ1n) is 6.22. The molecule has 1 unspecified atom stereocenters. The molecule has 5 heteroatoms. The molecule has 0 radical (unpaired) electrons. The molecule has 0 aromatic heterocycles. The summed E-state index contributed by atoms with van der Waals surface area (Å²) in [6.07, 6.45) is 9.53. The average Bonchev–Trinajstić information content (AvgIpc) is 2.29. The Morgan fingerprint density at radius 3 is 2.50 bits per heavy atom. The van der Waals surface area contributed by atoms with Gasteiger partial charge in [0.1, 0.15) is 0 Å². The van der Waals surface area contributed by atoms with Crippen LogP contribution in [0.5, 0.6) is 0 Å². The van der Waals surface area contributed by atoms with Crippen LogP contribution in [0.4, 0.5) is 0 Å². The van der Waals surface area contributed by atoms with Crippen molar-refractivity contribution in [3.8, 4) is 12.3 Å². The molecule has 5 nitrogen and oxygen atoms in total. The zero-order chi connectivity index (χ0) is 13.6. The van der Waals surface area contributed by atoms with Crippen molar-refractivity contribution >= 4 is 11.9 Å². The summed E-state index contributed by atoms with van der Waals surface area (Å²) in [6, 6.07) is -0.761. The average molecular weight is 252 g/mol. The molecule has 1 atom stereocenters. The highest BCUT2D eigenvalue weighted by Gasteiger charge is 2.36. The lowest BCUT2D eigenvalue weighted by atomic mass is 9.79. The van der Waals surface area contributed by atoms with Crippen LogP contribution in [0.1, 0.15) is 44.9 Å². The Balaban J connectivity index is 2.69. The van der Waals surface area contributed by atoms with Gasteiger partial charge in [-0.1, -0.05) is 19.3 Å². The third-order valence-electron chi connectivity index (χ3n) is 3.36. The van der Waals surface area contributed by atoms with E-state index in [0.29, 0.717) is 12.8 Å². The maximum atomic E-state index is 11.9. The highest BCUT2D eigenvalue weighted by molar-refractivity contribution is 5.83. The van der Waals surface area contributed by atoms with Gasteiger partial charge in [0.05, 0.1) is 18.0 Å². The summed E-state index contributed by atoms with van der Waals surface area (Å²) in [5.41, 5.74) is 4.99. The van der Waals surface area contributed by atoms with Crippen molar-refractivity contribution in [1.29, 1.82) is 0 Å². The SMILES string of the molecule is C#CCC(N)C(=O)NC1(CC(=O)O)CCCCC1. The fraction of sp³-hybridized carbons (Fsp3) is 0.692. The number of hydrogen-bond acceptors (Lipinski definition) is 3. The van der Waals surface area contributed by atoms with Crippen LogP contribution in [0, 0.1) is 12.3 Å². The number of carboxylic acid groups (broad SMARTS) is 1. The third-order valence-corrected chi connectivity index (χ3v) is 3.36. The minimum absolute atomic E-state index is 0.0541. The number of hydrogen-bond donors (Lipinski definition) is 3. The van der Waals surface area contributed by atoms with Crippen LogP contribution in [-0.2, 0) is 9.59 Å². The van der Waals surface area contributed by atoms with Crippen molar-refractivity contribution in [2.24, 2.45) is 5.73 Å². The Hall–Kier alpha value is -1.54. The van der Waals surface area contributed by atoms with Gasteiger partial charge in [-0.15, -0.1) is 12.3 Å². The van der Waals surface area contributed by atoms with Crippen molar-refractivity contribution in [2.75, 3.05) is 0 Å². The molecule has 0 aromatic rings. The number of nitrogens with two attached hydrogens (primary N) is 1. The van der Waals surface area contributed by atoms with E-state index in [9.17, 15) is 9.59 Å². The van der Waals surface area contributed by atoms with Crippen molar-refractivity contribution < 1.29 is 14.7 Å². The van der Waals surface area contributed by atoms with Gasteiger partial charge in [0, 0.05) is 6.42 Å². The highest BCUT2D eigenvalue weighted by atomic mass is 16.4. The number of aliphatic carboxylic acids is 1. The lowest BCUT2D eigenvalue weighted by molar-refractivity contribution is -0.139. The second-order valence-corrected chi connectivity index (χ2v) is 4.92. The summed E-state index contributed by atoms with van der Waals surface area (Å²) in [5.74, 6) is 1.09. The van der Waals surface area contributed by atoms with Crippen LogP contribution in [0.25, 0.3) is 0 Å².